The number of rotatable bonds is 2. The lowest BCUT2D eigenvalue weighted by atomic mass is 10.3. The highest BCUT2D eigenvalue weighted by molar-refractivity contribution is 5.84. The molecule has 62 valence electrons. The zero-order valence-electron chi connectivity index (χ0n) is 6.14. The Morgan fingerprint density at radius 1 is 1.67 bits per heavy atom. The first-order valence-electron chi connectivity index (χ1n) is 3.18. The average molecular weight is 165 g/mol. The second kappa shape index (κ2) is 3.47. The van der Waals surface area contributed by atoms with Crippen LogP contribution in [-0.2, 0) is 4.79 Å². The zero-order chi connectivity index (χ0) is 8.97. The maximum Gasteiger partial charge on any atom is 0.328 e. The lowest BCUT2D eigenvalue weighted by molar-refractivity contribution is -0.131. The van der Waals surface area contributed by atoms with Gasteiger partial charge >= 0.3 is 5.97 Å². The third-order valence-corrected chi connectivity index (χ3v) is 1.09. The van der Waals surface area contributed by atoms with Gasteiger partial charge in [0.05, 0.1) is 5.69 Å². The van der Waals surface area contributed by atoms with Gasteiger partial charge in [0.1, 0.15) is 0 Å². The van der Waals surface area contributed by atoms with Crippen LogP contribution < -0.4 is 5.73 Å². The maximum atomic E-state index is 10.1. The summed E-state index contributed by atoms with van der Waals surface area (Å²) < 4.78 is 0. The molecule has 0 saturated heterocycles. The number of nitrogens with zero attached hydrogens (tertiary/aromatic N) is 2. The number of carboxylic acid groups (broad SMARTS) is 1. The summed E-state index contributed by atoms with van der Waals surface area (Å²) in [5.74, 6) is -0.894. The van der Waals surface area contributed by atoms with Gasteiger partial charge in [-0.05, 0) is 12.1 Å². The molecule has 0 radical (unpaired) electrons. The van der Waals surface area contributed by atoms with Crippen LogP contribution in [0.1, 0.15) is 5.69 Å². The third-order valence-electron chi connectivity index (χ3n) is 1.09. The van der Waals surface area contributed by atoms with E-state index in [0.29, 0.717) is 5.69 Å². The van der Waals surface area contributed by atoms with Gasteiger partial charge in [-0.3, -0.25) is 0 Å². The fraction of sp³-hybridized carbons (Fsp3) is 0. The van der Waals surface area contributed by atoms with Crippen LogP contribution in [0.2, 0.25) is 0 Å². The molecule has 0 amide bonds. The number of nitrogen functional groups attached to an aromatic ring is 1. The van der Waals surface area contributed by atoms with Crippen molar-refractivity contribution in [2.75, 3.05) is 5.73 Å². The standard InChI is InChI=1S/C7H7N3O2/c8-7-9-4-3-5(10-7)1-2-6(11)12/h1-4H,(H,11,12)(H2,8,9,10). The molecule has 0 aliphatic rings. The van der Waals surface area contributed by atoms with Gasteiger partial charge in [0.25, 0.3) is 0 Å². The Hall–Kier alpha value is -1.91. The number of aliphatic carboxylic acids is 1. The number of carbonyl (C=O) groups is 1. The van der Waals surface area contributed by atoms with Crippen LogP contribution in [0.5, 0.6) is 0 Å². The molecule has 0 fully saturated rings. The molecule has 0 saturated carbocycles. The predicted octanol–water partition coefficient (Wildman–Crippen LogP) is 0.157. The minimum absolute atomic E-state index is 0.127. The van der Waals surface area contributed by atoms with Crippen LogP contribution in [0.4, 0.5) is 5.95 Å². The summed E-state index contributed by atoms with van der Waals surface area (Å²) in [6, 6.07) is 1.57. The van der Waals surface area contributed by atoms with Gasteiger partial charge < -0.3 is 10.8 Å². The fourth-order valence-corrected chi connectivity index (χ4v) is 0.638. The molecule has 0 spiro atoms. The van der Waals surface area contributed by atoms with Crippen molar-refractivity contribution in [3.63, 3.8) is 0 Å². The number of hydrogen-bond acceptors (Lipinski definition) is 4. The second-order valence-electron chi connectivity index (χ2n) is 2.01. The van der Waals surface area contributed by atoms with E-state index >= 15 is 0 Å². The number of carboxylic acids is 1. The Balaban J connectivity index is 2.83. The Bertz CT molecular complexity index is 322. The van der Waals surface area contributed by atoms with Crippen LogP contribution in [-0.4, -0.2) is 21.0 Å². The lowest BCUT2D eigenvalue weighted by Crippen LogP contribution is -1.95. The zero-order valence-corrected chi connectivity index (χ0v) is 6.14. The van der Waals surface area contributed by atoms with E-state index in [9.17, 15) is 4.79 Å². The summed E-state index contributed by atoms with van der Waals surface area (Å²) in [6.07, 6.45) is 3.80. The van der Waals surface area contributed by atoms with Crippen molar-refractivity contribution < 1.29 is 9.90 Å². The van der Waals surface area contributed by atoms with Crippen molar-refractivity contribution in [2.45, 2.75) is 0 Å². The molecule has 1 heterocycles. The van der Waals surface area contributed by atoms with Crippen LogP contribution in [0.15, 0.2) is 18.3 Å². The van der Waals surface area contributed by atoms with Crippen molar-refractivity contribution in [3.05, 3.63) is 24.0 Å². The van der Waals surface area contributed by atoms with Gasteiger partial charge in [0.2, 0.25) is 5.95 Å². The minimum Gasteiger partial charge on any atom is -0.478 e. The number of anilines is 1. The summed E-state index contributed by atoms with van der Waals surface area (Å²) in [5, 5.41) is 8.28. The van der Waals surface area contributed by atoms with E-state index < -0.39 is 5.97 Å². The fourth-order valence-electron chi connectivity index (χ4n) is 0.638. The quantitative estimate of drug-likeness (QED) is 0.609. The molecule has 1 aromatic heterocycles. The Kier molecular flexibility index (Phi) is 2.37. The second-order valence-corrected chi connectivity index (χ2v) is 2.01. The smallest absolute Gasteiger partial charge is 0.328 e. The van der Waals surface area contributed by atoms with Crippen molar-refractivity contribution >= 4 is 18.0 Å². The summed E-state index contributed by atoms with van der Waals surface area (Å²) in [4.78, 5) is 17.5. The van der Waals surface area contributed by atoms with Crippen LogP contribution in [0.25, 0.3) is 6.08 Å². The highest BCUT2D eigenvalue weighted by atomic mass is 16.4. The summed E-state index contributed by atoms with van der Waals surface area (Å²) >= 11 is 0. The molecule has 12 heavy (non-hydrogen) atoms. The topological polar surface area (TPSA) is 89.1 Å². The molecular weight excluding hydrogens is 158 g/mol. The molecule has 1 rings (SSSR count). The van der Waals surface area contributed by atoms with Crippen LogP contribution in [0.3, 0.4) is 0 Å². The van der Waals surface area contributed by atoms with Gasteiger partial charge in [-0.2, -0.15) is 0 Å². The van der Waals surface area contributed by atoms with E-state index in [1.54, 1.807) is 6.07 Å². The normalized spacial score (nSPS) is 10.3. The molecule has 0 aromatic carbocycles. The molecule has 1 aromatic rings. The number of nitrogens with two attached hydrogens (primary N) is 1. The van der Waals surface area contributed by atoms with Gasteiger partial charge in [0, 0.05) is 12.3 Å². The molecule has 0 aliphatic carbocycles. The lowest BCUT2D eigenvalue weighted by Gasteiger charge is -1.91. The van der Waals surface area contributed by atoms with Crippen molar-refractivity contribution in [1.82, 2.24) is 9.97 Å². The Labute approximate surface area is 68.6 Å². The van der Waals surface area contributed by atoms with Gasteiger partial charge in [-0.1, -0.05) is 0 Å². The van der Waals surface area contributed by atoms with Gasteiger partial charge in [-0.15, -0.1) is 0 Å². The molecule has 3 N–H and O–H groups in total. The average Bonchev–Trinajstić information content (AvgIpc) is 2.01. The van der Waals surface area contributed by atoms with Gasteiger partial charge in [0.15, 0.2) is 0 Å². The monoisotopic (exact) mass is 165 g/mol. The first-order valence-corrected chi connectivity index (χ1v) is 3.18. The molecular formula is C7H7N3O2. The van der Waals surface area contributed by atoms with Crippen molar-refractivity contribution in [1.29, 1.82) is 0 Å². The van der Waals surface area contributed by atoms with E-state index in [4.69, 9.17) is 10.8 Å². The van der Waals surface area contributed by atoms with Crippen molar-refractivity contribution in [3.8, 4) is 0 Å². The largest absolute Gasteiger partial charge is 0.478 e. The highest BCUT2D eigenvalue weighted by Crippen LogP contribution is 1.98. The molecule has 0 aliphatic heterocycles. The maximum absolute atomic E-state index is 10.1. The summed E-state index contributed by atoms with van der Waals surface area (Å²) in [7, 11) is 0. The molecule has 5 heteroatoms. The predicted molar refractivity (Wildman–Crippen MR) is 43.1 cm³/mol. The number of hydrogen-bond donors (Lipinski definition) is 2. The summed E-state index contributed by atoms with van der Waals surface area (Å²) in [5.41, 5.74) is 5.74. The van der Waals surface area contributed by atoms with Crippen LogP contribution >= 0.6 is 0 Å². The minimum atomic E-state index is -1.02. The Morgan fingerprint density at radius 2 is 2.42 bits per heavy atom. The first kappa shape index (κ1) is 8.19. The van der Waals surface area contributed by atoms with E-state index in [2.05, 4.69) is 9.97 Å². The van der Waals surface area contributed by atoms with Gasteiger partial charge in [-0.25, -0.2) is 14.8 Å². The van der Waals surface area contributed by atoms with Crippen molar-refractivity contribution in [2.24, 2.45) is 0 Å². The van der Waals surface area contributed by atoms with E-state index in [-0.39, 0.29) is 5.95 Å². The molecule has 5 nitrogen and oxygen atoms in total. The van der Waals surface area contributed by atoms with E-state index in [1.807, 2.05) is 0 Å². The third kappa shape index (κ3) is 2.37. The Morgan fingerprint density at radius 3 is 3.00 bits per heavy atom. The summed E-state index contributed by atoms with van der Waals surface area (Å²) in [6.45, 7) is 0. The molecule has 0 bridgehead atoms. The molecule has 0 unspecified atom stereocenters. The van der Waals surface area contributed by atoms with E-state index in [0.717, 1.165) is 6.08 Å². The van der Waals surface area contributed by atoms with E-state index in [1.165, 1.54) is 12.3 Å². The first-order chi connectivity index (χ1) is 5.68. The SMILES string of the molecule is Nc1nccc(C=CC(=O)O)n1. The molecule has 0 atom stereocenters. The highest BCUT2D eigenvalue weighted by Gasteiger charge is 1.91. The van der Waals surface area contributed by atoms with Crippen LogP contribution in [0, 0.1) is 0 Å². The number of aromatic nitrogens is 2.